The van der Waals surface area contributed by atoms with Crippen LogP contribution in [0, 0.1) is 23.5 Å². The fraction of sp³-hybridized carbons (Fsp3) is 0.364. The van der Waals surface area contributed by atoms with E-state index in [1.165, 1.54) is 41.6 Å². The van der Waals surface area contributed by atoms with E-state index < -0.39 is 58.4 Å². The fourth-order valence-corrected chi connectivity index (χ4v) is 4.65. The molecule has 4 atom stereocenters. The van der Waals surface area contributed by atoms with Crippen LogP contribution in [0.4, 0.5) is 8.78 Å². The Hall–Kier alpha value is -3.17. The minimum Gasteiger partial charge on any atom is -0.390 e. The molecule has 1 aliphatic carbocycles. The van der Waals surface area contributed by atoms with E-state index in [9.17, 15) is 32.2 Å². The van der Waals surface area contributed by atoms with Gasteiger partial charge in [0, 0.05) is 23.9 Å². The van der Waals surface area contributed by atoms with Crippen LogP contribution in [0.15, 0.2) is 43.0 Å². The van der Waals surface area contributed by atoms with Gasteiger partial charge < -0.3 is 10.2 Å². The topological polar surface area (TPSA) is 171 Å². The first kappa shape index (κ1) is 25.9. The SMILES string of the molecule is NS(=O)(=O)OC[C@H]1C[C@@H](Cc2ncncc2C(=O)c2ccn(Cc3cccc(F)c3F)n2)[C@H](O)[C@@H]1O. The number of hydrogen-bond acceptors (Lipinski definition) is 9. The first-order valence-electron chi connectivity index (χ1n) is 10.9. The predicted molar refractivity (Wildman–Crippen MR) is 120 cm³/mol. The molecule has 0 unspecified atom stereocenters. The summed E-state index contributed by atoms with van der Waals surface area (Å²) in [4.78, 5) is 21.2. The molecule has 192 valence electrons. The first-order valence-corrected chi connectivity index (χ1v) is 12.3. The van der Waals surface area contributed by atoms with Crippen LogP contribution in [0.1, 0.15) is 33.7 Å². The molecule has 1 saturated carbocycles. The van der Waals surface area contributed by atoms with Crippen LogP contribution in [0.3, 0.4) is 0 Å². The van der Waals surface area contributed by atoms with Crippen LogP contribution in [0.5, 0.6) is 0 Å². The molecule has 4 N–H and O–H groups in total. The van der Waals surface area contributed by atoms with E-state index in [0.29, 0.717) is 5.69 Å². The van der Waals surface area contributed by atoms with Crippen molar-refractivity contribution in [2.24, 2.45) is 17.0 Å². The highest BCUT2D eigenvalue weighted by Crippen LogP contribution is 2.35. The number of aliphatic hydroxyl groups excluding tert-OH is 2. The third-order valence-corrected chi connectivity index (χ3v) is 6.56. The lowest BCUT2D eigenvalue weighted by atomic mass is 9.95. The van der Waals surface area contributed by atoms with Crippen molar-refractivity contribution in [2.75, 3.05) is 6.61 Å². The van der Waals surface area contributed by atoms with Gasteiger partial charge in [0.15, 0.2) is 11.6 Å². The van der Waals surface area contributed by atoms with E-state index in [1.54, 1.807) is 0 Å². The number of aliphatic hydroxyl groups is 2. The maximum atomic E-state index is 14.0. The molecule has 1 aromatic carbocycles. The van der Waals surface area contributed by atoms with Gasteiger partial charge in [-0.25, -0.2) is 23.9 Å². The van der Waals surface area contributed by atoms with Crippen LogP contribution in [0.25, 0.3) is 0 Å². The summed E-state index contributed by atoms with van der Waals surface area (Å²) in [5.74, 6) is -3.75. The number of carbonyl (C=O) groups excluding carboxylic acids is 1. The van der Waals surface area contributed by atoms with Crippen molar-refractivity contribution in [2.45, 2.75) is 31.6 Å². The molecule has 0 spiro atoms. The zero-order valence-electron chi connectivity index (χ0n) is 18.7. The highest BCUT2D eigenvalue weighted by Gasteiger charge is 2.42. The van der Waals surface area contributed by atoms with E-state index in [1.807, 2.05) is 0 Å². The molecular weight excluding hydrogens is 500 g/mol. The lowest BCUT2D eigenvalue weighted by Gasteiger charge is -2.17. The Labute approximate surface area is 204 Å². The Balaban J connectivity index is 1.49. The molecule has 2 heterocycles. The lowest BCUT2D eigenvalue weighted by molar-refractivity contribution is -0.00334. The normalized spacial score (nSPS) is 22.1. The van der Waals surface area contributed by atoms with Crippen molar-refractivity contribution in [1.82, 2.24) is 19.7 Å². The maximum absolute atomic E-state index is 14.0. The minimum atomic E-state index is -4.21. The van der Waals surface area contributed by atoms with Gasteiger partial charge in [0.05, 0.1) is 36.6 Å². The predicted octanol–water partition coefficient (Wildman–Crippen LogP) is 0.351. The first-order chi connectivity index (χ1) is 17.0. The van der Waals surface area contributed by atoms with Crippen LogP contribution in [-0.2, 0) is 27.5 Å². The average Bonchev–Trinajstić information content (AvgIpc) is 3.40. The largest absolute Gasteiger partial charge is 0.390 e. The van der Waals surface area contributed by atoms with Gasteiger partial charge in [-0.05, 0) is 30.9 Å². The van der Waals surface area contributed by atoms with E-state index in [4.69, 9.17) is 5.14 Å². The van der Waals surface area contributed by atoms with E-state index in [0.717, 1.165) is 6.07 Å². The van der Waals surface area contributed by atoms with Crippen LogP contribution in [0.2, 0.25) is 0 Å². The molecule has 4 rings (SSSR count). The molecule has 1 fully saturated rings. The summed E-state index contributed by atoms with van der Waals surface area (Å²) in [6, 6.07) is 5.21. The van der Waals surface area contributed by atoms with Crippen molar-refractivity contribution in [3.63, 3.8) is 0 Å². The Bertz CT molecular complexity index is 1370. The number of hydrogen-bond donors (Lipinski definition) is 3. The summed E-state index contributed by atoms with van der Waals surface area (Å²) in [5, 5.41) is 29.7. The van der Waals surface area contributed by atoms with E-state index >= 15 is 0 Å². The summed E-state index contributed by atoms with van der Waals surface area (Å²) < 4.78 is 55.4. The second-order valence-electron chi connectivity index (χ2n) is 8.54. The molecule has 0 saturated heterocycles. The number of carbonyl (C=O) groups is 1. The number of nitrogens with two attached hydrogens (primary N) is 1. The maximum Gasteiger partial charge on any atom is 0.333 e. The van der Waals surface area contributed by atoms with Crippen LogP contribution in [-0.4, -0.2) is 63.0 Å². The third-order valence-electron chi connectivity index (χ3n) is 6.10. The smallest absolute Gasteiger partial charge is 0.333 e. The molecule has 0 radical (unpaired) electrons. The molecule has 0 aliphatic heterocycles. The lowest BCUT2D eigenvalue weighted by Crippen LogP contribution is -2.31. The standard InChI is InChI=1S/C22H23F2N5O6S/c23-16-3-1-2-12(19(16)24)9-29-5-4-17(28-29)22(32)15-8-26-11-27-18(15)7-13-6-14(21(31)20(13)30)10-35-36(25,33)34/h1-5,8,11,13-14,20-21,30-31H,6-7,9-10H2,(H2,25,33,34)/t13-,14+,20-,21+/m0/s1. The quantitative estimate of drug-likeness (QED) is 0.335. The number of aromatic nitrogens is 4. The van der Waals surface area contributed by atoms with Crippen molar-refractivity contribution in [1.29, 1.82) is 0 Å². The van der Waals surface area contributed by atoms with Crippen molar-refractivity contribution >= 4 is 16.1 Å². The number of benzene rings is 1. The number of rotatable bonds is 9. The van der Waals surface area contributed by atoms with Crippen molar-refractivity contribution < 1.29 is 36.4 Å². The fourth-order valence-electron chi connectivity index (χ4n) is 4.29. The van der Waals surface area contributed by atoms with Crippen LogP contribution < -0.4 is 5.14 Å². The summed E-state index contributed by atoms with van der Waals surface area (Å²) in [5.41, 5.74) is 0.500. The molecule has 2 aromatic heterocycles. The summed E-state index contributed by atoms with van der Waals surface area (Å²) in [6.45, 7) is -0.490. The molecule has 0 amide bonds. The molecule has 11 nitrogen and oxygen atoms in total. The molecule has 1 aliphatic rings. The Morgan fingerprint density at radius 1 is 1.19 bits per heavy atom. The van der Waals surface area contributed by atoms with Gasteiger partial charge in [0.25, 0.3) is 0 Å². The number of ketones is 1. The van der Waals surface area contributed by atoms with E-state index in [-0.39, 0.29) is 36.2 Å². The van der Waals surface area contributed by atoms with Gasteiger partial charge in [-0.15, -0.1) is 0 Å². The molecule has 0 bridgehead atoms. The van der Waals surface area contributed by atoms with Gasteiger partial charge >= 0.3 is 10.3 Å². The summed E-state index contributed by atoms with van der Waals surface area (Å²) in [7, 11) is -4.21. The third kappa shape index (κ3) is 5.79. The highest BCUT2D eigenvalue weighted by molar-refractivity contribution is 7.84. The summed E-state index contributed by atoms with van der Waals surface area (Å²) >= 11 is 0. The van der Waals surface area contributed by atoms with Gasteiger partial charge in [-0.1, -0.05) is 12.1 Å². The minimum absolute atomic E-state index is 0.0225. The zero-order chi connectivity index (χ0) is 26.0. The Kier molecular flexibility index (Phi) is 7.51. The number of nitrogens with zero attached hydrogens (tertiary/aromatic N) is 4. The van der Waals surface area contributed by atoms with Gasteiger partial charge in [0.1, 0.15) is 12.0 Å². The van der Waals surface area contributed by atoms with Crippen molar-refractivity contribution in [3.05, 3.63) is 77.1 Å². The molecule has 3 aromatic rings. The highest BCUT2D eigenvalue weighted by atomic mass is 32.2. The molecular formula is C22H23F2N5O6S. The monoisotopic (exact) mass is 523 g/mol. The van der Waals surface area contributed by atoms with Crippen LogP contribution >= 0.6 is 0 Å². The summed E-state index contributed by atoms with van der Waals surface area (Å²) in [6.07, 6.45) is 1.81. The zero-order valence-corrected chi connectivity index (χ0v) is 19.6. The molecule has 36 heavy (non-hydrogen) atoms. The van der Waals surface area contributed by atoms with Gasteiger partial charge in [0.2, 0.25) is 5.78 Å². The van der Waals surface area contributed by atoms with Crippen molar-refractivity contribution in [3.8, 4) is 0 Å². The Morgan fingerprint density at radius 2 is 1.94 bits per heavy atom. The average molecular weight is 524 g/mol. The second-order valence-corrected chi connectivity index (χ2v) is 9.76. The number of halogens is 2. The van der Waals surface area contributed by atoms with Gasteiger partial charge in [-0.2, -0.15) is 13.5 Å². The van der Waals surface area contributed by atoms with Gasteiger partial charge in [-0.3, -0.25) is 13.7 Å². The second kappa shape index (κ2) is 10.4. The molecule has 14 heteroatoms. The van der Waals surface area contributed by atoms with E-state index in [2.05, 4.69) is 19.2 Å². The Morgan fingerprint density at radius 3 is 2.69 bits per heavy atom.